The number of carbonyl (C=O) groups excluding carboxylic acids is 1. The molecule has 0 radical (unpaired) electrons. The van der Waals surface area contributed by atoms with Gasteiger partial charge in [-0.15, -0.1) is 11.3 Å². The van der Waals surface area contributed by atoms with Crippen LogP contribution in [-0.4, -0.2) is 28.5 Å². The van der Waals surface area contributed by atoms with E-state index < -0.39 is 0 Å². The second-order valence-electron chi connectivity index (χ2n) is 6.43. The van der Waals surface area contributed by atoms with Gasteiger partial charge in [-0.05, 0) is 31.0 Å². The number of nitrogens with one attached hydrogen (secondary N) is 1. The summed E-state index contributed by atoms with van der Waals surface area (Å²) in [7, 11) is 0. The number of carbonyl (C=O) groups is 1. The van der Waals surface area contributed by atoms with E-state index in [0.29, 0.717) is 19.4 Å². The Kier molecular flexibility index (Phi) is 6.68. The van der Waals surface area contributed by atoms with Crippen molar-refractivity contribution in [3.63, 3.8) is 0 Å². The lowest BCUT2D eigenvalue weighted by Gasteiger charge is -2.16. The van der Waals surface area contributed by atoms with E-state index in [2.05, 4.69) is 15.3 Å². The lowest BCUT2D eigenvalue weighted by Crippen LogP contribution is -2.41. The summed E-state index contributed by atoms with van der Waals surface area (Å²) in [6, 6.07) is 15.9. The van der Waals surface area contributed by atoms with E-state index in [4.69, 9.17) is 5.73 Å². The standard InChI is InChI=1S/C21H24N4OS/c1-15-21(18-9-5-6-12-23-18)27-20(24-15)11-10-19(26)25-17(14-22)13-16-7-3-2-4-8-16/h2-9,12,17H,10-11,13-14,22H2,1H3,(H,25,26). The Hall–Kier alpha value is -2.57. The number of benzene rings is 1. The maximum absolute atomic E-state index is 12.3. The van der Waals surface area contributed by atoms with E-state index in [0.717, 1.165) is 27.7 Å². The van der Waals surface area contributed by atoms with Gasteiger partial charge in [-0.25, -0.2) is 4.98 Å². The molecule has 6 heteroatoms. The molecule has 1 amide bonds. The molecular formula is C21H24N4OS. The second-order valence-corrected chi connectivity index (χ2v) is 7.51. The minimum absolute atomic E-state index is 0.00798. The van der Waals surface area contributed by atoms with Gasteiger partial charge in [0.1, 0.15) is 0 Å². The summed E-state index contributed by atoms with van der Waals surface area (Å²) < 4.78 is 0. The molecule has 1 atom stereocenters. The van der Waals surface area contributed by atoms with Crippen LogP contribution in [0.4, 0.5) is 0 Å². The number of thiazole rings is 1. The van der Waals surface area contributed by atoms with Gasteiger partial charge < -0.3 is 11.1 Å². The van der Waals surface area contributed by atoms with Crippen molar-refractivity contribution in [3.05, 3.63) is 71.0 Å². The van der Waals surface area contributed by atoms with Crippen molar-refractivity contribution in [2.75, 3.05) is 6.54 Å². The topological polar surface area (TPSA) is 80.9 Å². The third kappa shape index (κ3) is 5.45. The predicted molar refractivity (Wildman–Crippen MR) is 110 cm³/mol. The van der Waals surface area contributed by atoms with E-state index >= 15 is 0 Å². The van der Waals surface area contributed by atoms with Crippen molar-refractivity contribution in [2.45, 2.75) is 32.2 Å². The third-order valence-electron chi connectivity index (χ3n) is 4.28. The van der Waals surface area contributed by atoms with Crippen molar-refractivity contribution in [1.29, 1.82) is 0 Å². The van der Waals surface area contributed by atoms with Crippen LogP contribution in [0.25, 0.3) is 10.6 Å². The Labute approximate surface area is 163 Å². The molecule has 27 heavy (non-hydrogen) atoms. The molecular weight excluding hydrogens is 356 g/mol. The van der Waals surface area contributed by atoms with Crippen molar-refractivity contribution >= 4 is 17.2 Å². The molecule has 0 aliphatic rings. The first-order valence-corrected chi connectivity index (χ1v) is 9.88. The molecule has 0 bridgehead atoms. The smallest absolute Gasteiger partial charge is 0.220 e. The van der Waals surface area contributed by atoms with Gasteiger partial charge in [0.15, 0.2) is 0 Å². The number of nitrogens with two attached hydrogens (primary N) is 1. The SMILES string of the molecule is Cc1nc(CCC(=O)NC(CN)Cc2ccccc2)sc1-c1ccccn1. The van der Waals surface area contributed by atoms with Crippen LogP contribution in [0.15, 0.2) is 54.7 Å². The first-order valence-electron chi connectivity index (χ1n) is 9.06. The molecule has 2 heterocycles. The third-order valence-corrected chi connectivity index (χ3v) is 5.52. The molecule has 0 fully saturated rings. The number of amides is 1. The zero-order valence-corrected chi connectivity index (χ0v) is 16.2. The maximum atomic E-state index is 12.3. The number of rotatable bonds is 8. The minimum Gasteiger partial charge on any atom is -0.352 e. The van der Waals surface area contributed by atoms with Gasteiger partial charge in [0, 0.05) is 31.6 Å². The van der Waals surface area contributed by atoms with Gasteiger partial charge in [0.25, 0.3) is 0 Å². The summed E-state index contributed by atoms with van der Waals surface area (Å²) in [6.07, 6.45) is 3.54. The zero-order chi connectivity index (χ0) is 19.1. The Bertz CT molecular complexity index is 864. The van der Waals surface area contributed by atoms with Crippen LogP contribution in [0.3, 0.4) is 0 Å². The summed E-state index contributed by atoms with van der Waals surface area (Å²) in [5, 5.41) is 3.99. The Balaban J connectivity index is 1.54. The largest absolute Gasteiger partial charge is 0.352 e. The molecule has 5 nitrogen and oxygen atoms in total. The molecule has 3 N–H and O–H groups in total. The van der Waals surface area contributed by atoms with Gasteiger partial charge in [0.2, 0.25) is 5.91 Å². The first kappa shape index (κ1) is 19.2. The predicted octanol–water partition coefficient (Wildman–Crippen LogP) is 3.13. The molecule has 1 unspecified atom stereocenters. The fourth-order valence-electron chi connectivity index (χ4n) is 2.91. The molecule has 3 rings (SSSR count). The highest BCUT2D eigenvalue weighted by Gasteiger charge is 2.14. The fourth-order valence-corrected chi connectivity index (χ4v) is 3.95. The van der Waals surface area contributed by atoms with Gasteiger partial charge in [-0.1, -0.05) is 36.4 Å². The highest BCUT2D eigenvalue weighted by atomic mass is 32.1. The van der Waals surface area contributed by atoms with Crippen LogP contribution >= 0.6 is 11.3 Å². The normalized spacial score (nSPS) is 11.9. The monoisotopic (exact) mass is 380 g/mol. The second kappa shape index (κ2) is 9.39. The number of aryl methyl sites for hydroxylation is 2. The van der Waals surface area contributed by atoms with Gasteiger partial charge >= 0.3 is 0 Å². The highest BCUT2D eigenvalue weighted by Crippen LogP contribution is 2.28. The number of pyridine rings is 1. The first-order chi connectivity index (χ1) is 13.2. The van der Waals surface area contributed by atoms with Gasteiger partial charge in [0.05, 0.1) is 21.3 Å². The van der Waals surface area contributed by atoms with Crippen LogP contribution < -0.4 is 11.1 Å². The Morgan fingerprint density at radius 1 is 1.19 bits per heavy atom. The van der Waals surface area contributed by atoms with E-state index in [1.807, 2.05) is 55.5 Å². The van der Waals surface area contributed by atoms with Crippen LogP contribution in [0, 0.1) is 6.92 Å². The van der Waals surface area contributed by atoms with Crippen molar-refractivity contribution in [3.8, 4) is 10.6 Å². The molecule has 2 aromatic heterocycles. The summed E-state index contributed by atoms with van der Waals surface area (Å²) in [5.41, 5.74) is 8.88. The molecule has 0 aliphatic heterocycles. The molecule has 1 aromatic carbocycles. The van der Waals surface area contributed by atoms with Crippen LogP contribution in [0.2, 0.25) is 0 Å². The van der Waals surface area contributed by atoms with Gasteiger partial charge in [-0.2, -0.15) is 0 Å². The lowest BCUT2D eigenvalue weighted by atomic mass is 10.1. The average Bonchev–Trinajstić information content (AvgIpc) is 3.08. The summed E-state index contributed by atoms with van der Waals surface area (Å²) in [6.45, 7) is 2.40. The molecule has 0 saturated carbocycles. The van der Waals surface area contributed by atoms with Crippen molar-refractivity contribution < 1.29 is 4.79 Å². The quantitative estimate of drug-likeness (QED) is 0.629. The van der Waals surface area contributed by atoms with E-state index in [1.165, 1.54) is 5.56 Å². The molecule has 0 spiro atoms. The number of hydrogen-bond acceptors (Lipinski definition) is 5. The van der Waals surface area contributed by atoms with Crippen LogP contribution in [0.1, 0.15) is 22.7 Å². The molecule has 0 aliphatic carbocycles. The molecule has 0 saturated heterocycles. The number of hydrogen-bond donors (Lipinski definition) is 2. The molecule has 140 valence electrons. The van der Waals surface area contributed by atoms with Gasteiger partial charge in [-0.3, -0.25) is 9.78 Å². The summed E-state index contributed by atoms with van der Waals surface area (Å²) in [5.74, 6) is 0.00798. The van der Waals surface area contributed by atoms with E-state index in [1.54, 1.807) is 17.5 Å². The van der Waals surface area contributed by atoms with E-state index in [-0.39, 0.29) is 11.9 Å². The fraction of sp³-hybridized carbons (Fsp3) is 0.286. The lowest BCUT2D eigenvalue weighted by molar-refractivity contribution is -0.121. The van der Waals surface area contributed by atoms with Crippen LogP contribution in [-0.2, 0) is 17.6 Å². The minimum atomic E-state index is -0.0537. The number of nitrogens with zero attached hydrogens (tertiary/aromatic N) is 2. The zero-order valence-electron chi connectivity index (χ0n) is 15.4. The van der Waals surface area contributed by atoms with Crippen LogP contribution in [0.5, 0.6) is 0 Å². The van der Waals surface area contributed by atoms with Crippen molar-refractivity contribution in [2.24, 2.45) is 5.73 Å². The van der Waals surface area contributed by atoms with E-state index in [9.17, 15) is 4.79 Å². The maximum Gasteiger partial charge on any atom is 0.220 e. The Morgan fingerprint density at radius 2 is 1.96 bits per heavy atom. The van der Waals surface area contributed by atoms with Crippen molar-refractivity contribution in [1.82, 2.24) is 15.3 Å². The Morgan fingerprint density at radius 3 is 2.67 bits per heavy atom. The summed E-state index contributed by atoms with van der Waals surface area (Å²) >= 11 is 1.60. The molecule has 3 aromatic rings. The average molecular weight is 381 g/mol. The number of aromatic nitrogens is 2. The highest BCUT2D eigenvalue weighted by molar-refractivity contribution is 7.15. The summed E-state index contributed by atoms with van der Waals surface area (Å²) in [4.78, 5) is 22.4.